The maximum atomic E-state index is 12.6. The highest BCUT2D eigenvalue weighted by atomic mass is 16.2. The average molecular weight is 345 g/mol. The van der Waals surface area contributed by atoms with Crippen molar-refractivity contribution in [3.05, 3.63) is 29.8 Å². The number of nitrogens with one attached hydrogen (secondary N) is 1. The van der Waals surface area contributed by atoms with Crippen molar-refractivity contribution in [3.63, 3.8) is 0 Å². The van der Waals surface area contributed by atoms with Gasteiger partial charge in [-0.15, -0.1) is 0 Å². The van der Waals surface area contributed by atoms with Crippen LogP contribution in [0.25, 0.3) is 0 Å². The van der Waals surface area contributed by atoms with Crippen molar-refractivity contribution < 1.29 is 9.59 Å². The molecule has 1 fully saturated rings. The van der Waals surface area contributed by atoms with Crippen LogP contribution in [0.2, 0.25) is 0 Å². The van der Waals surface area contributed by atoms with Crippen LogP contribution in [0.4, 0.5) is 5.69 Å². The van der Waals surface area contributed by atoms with Crippen LogP contribution in [0, 0.1) is 0 Å². The normalized spacial score (nSPS) is 17.7. The van der Waals surface area contributed by atoms with E-state index in [0.717, 1.165) is 31.7 Å². The molecule has 1 saturated heterocycles. The smallest absolute Gasteiger partial charge is 0.241 e. The topological polar surface area (TPSA) is 52.7 Å². The van der Waals surface area contributed by atoms with Crippen LogP contribution in [-0.4, -0.2) is 53.8 Å². The van der Waals surface area contributed by atoms with E-state index < -0.39 is 0 Å². The molecule has 1 N–H and O–H groups in total. The van der Waals surface area contributed by atoms with E-state index in [1.54, 1.807) is 6.92 Å². The van der Waals surface area contributed by atoms with Gasteiger partial charge >= 0.3 is 0 Å². The molecule has 1 aromatic carbocycles. The SMILES string of the molecule is CC(=O)N1CCCN(C(C)C(=O)Nc2ccc(C(C)(C)C)cc2)CC1. The third-order valence-corrected chi connectivity index (χ3v) is 4.92. The van der Waals surface area contributed by atoms with Crippen molar-refractivity contribution in [2.75, 3.05) is 31.5 Å². The Bertz CT molecular complexity index is 604. The predicted molar refractivity (Wildman–Crippen MR) is 102 cm³/mol. The predicted octanol–water partition coefficient (Wildman–Crippen LogP) is 2.87. The summed E-state index contributed by atoms with van der Waals surface area (Å²) in [6.07, 6.45) is 0.900. The lowest BCUT2D eigenvalue weighted by Crippen LogP contribution is -2.44. The van der Waals surface area contributed by atoms with Crippen molar-refractivity contribution in [3.8, 4) is 0 Å². The van der Waals surface area contributed by atoms with Gasteiger partial charge in [0.05, 0.1) is 6.04 Å². The van der Waals surface area contributed by atoms with Gasteiger partial charge in [-0.25, -0.2) is 0 Å². The van der Waals surface area contributed by atoms with Crippen LogP contribution >= 0.6 is 0 Å². The molecular formula is C20H31N3O2. The molecule has 1 aliphatic rings. The van der Waals surface area contributed by atoms with Crippen LogP contribution in [0.3, 0.4) is 0 Å². The number of hydrogen-bond donors (Lipinski definition) is 1. The van der Waals surface area contributed by atoms with Gasteiger partial charge in [-0.1, -0.05) is 32.9 Å². The summed E-state index contributed by atoms with van der Waals surface area (Å²) in [5.41, 5.74) is 2.17. The van der Waals surface area contributed by atoms with Crippen molar-refractivity contribution in [2.45, 2.75) is 52.5 Å². The van der Waals surface area contributed by atoms with Gasteiger partial charge in [0, 0.05) is 38.8 Å². The molecule has 0 spiro atoms. The van der Waals surface area contributed by atoms with Crippen molar-refractivity contribution in [2.24, 2.45) is 0 Å². The number of benzene rings is 1. The monoisotopic (exact) mass is 345 g/mol. The average Bonchev–Trinajstić information content (AvgIpc) is 2.80. The summed E-state index contributed by atoms with van der Waals surface area (Å²) < 4.78 is 0. The molecular weight excluding hydrogens is 314 g/mol. The van der Waals surface area contributed by atoms with E-state index in [0.29, 0.717) is 6.54 Å². The zero-order valence-electron chi connectivity index (χ0n) is 16.1. The quantitative estimate of drug-likeness (QED) is 0.916. The Morgan fingerprint density at radius 3 is 2.24 bits per heavy atom. The number of anilines is 1. The maximum absolute atomic E-state index is 12.6. The molecule has 0 bridgehead atoms. The van der Waals surface area contributed by atoms with Gasteiger partial charge in [-0.2, -0.15) is 0 Å². The van der Waals surface area contributed by atoms with E-state index >= 15 is 0 Å². The highest BCUT2D eigenvalue weighted by Gasteiger charge is 2.25. The number of carbonyl (C=O) groups is 2. The fourth-order valence-electron chi connectivity index (χ4n) is 3.11. The largest absolute Gasteiger partial charge is 0.342 e. The van der Waals surface area contributed by atoms with E-state index in [2.05, 4.69) is 43.1 Å². The fraction of sp³-hybridized carbons (Fsp3) is 0.600. The molecule has 1 heterocycles. The number of nitrogens with zero attached hydrogens (tertiary/aromatic N) is 2. The Balaban J connectivity index is 1.94. The molecule has 1 unspecified atom stereocenters. The first-order valence-electron chi connectivity index (χ1n) is 9.09. The molecule has 25 heavy (non-hydrogen) atoms. The van der Waals surface area contributed by atoms with E-state index in [1.165, 1.54) is 5.56 Å². The minimum absolute atomic E-state index is 0.000200. The molecule has 1 aliphatic heterocycles. The summed E-state index contributed by atoms with van der Waals surface area (Å²) in [4.78, 5) is 28.1. The van der Waals surface area contributed by atoms with Crippen LogP contribution in [0.15, 0.2) is 24.3 Å². The van der Waals surface area contributed by atoms with Crippen LogP contribution in [0.1, 0.15) is 46.6 Å². The third kappa shape index (κ3) is 5.30. The highest BCUT2D eigenvalue weighted by molar-refractivity contribution is 5.94. The van der Waals surface area contributed by atoms with Crippen molar-refractivity contribution in [1.82, 2.24) is 9.80 Å². The first kappa shape index (κ1) is 19.4. The number of amides is 2. The molecule has 0 aliphatic carbocycles. The van der Waals surface area contributed by atoms with Gasteiger partial charge < -0.3 is 10.2 Å². The first-order chi connectivity index (χ1) is 11.7. The first-order valence-corrected chi connectivity index (χ1v) is 9.09. The molecule has 1 atom stereocenters. The van der Waals surface area contributed by atoms with Gasteiger partial charge in [-0.3, -0.25) is 14.5 Å². The second kappa shape index (κ2) is 8.00. The molecule has 0 saturated carbocycles. The van der Waals surface area contributed by atoms with Gasteiger partial charge in [-0.05, 0) is 36.5 Å². The highest BCUT2D eigenvalue weighted by Crippen LogP contribution is 2.23. The van der Waals surface area contributed by atoms with E-state index in [-0.39, 0.29) is 23.3 Å². The summed E-state index contributed by atoms with van der Waals surface area (Å²) in [5, 5.41) is 3.01. The Labute approximate surface area is 151 Å². The molecule has 2 amide bonds. The van der Waals surface area contributed by atoms with Crippen molar-refractivity contribution >= 4 is 17.5 Å². The summed E-state index contributed by atoms with van der Waals surface area (Å²) in [6.45, 7) is 13.1. The van der Waals surface area contributed by atoms with E-state index in [9.17, 15) is 9.59 Å². The molecule has 0 radical (unpaired) electrons. The zero-order chi connectivity index (χ0) is 18.6. The minimum atomic E-state index is -0.214. The molecule has 5 nitrogen and oxygen atoms in total. The number of rotatable bonds is 3. The number of carbonyl (C=O) groups excluding carboxylic acids is 2. The lowest BCUT2D eigenvalue weighted by atomic mass is 9.87. The molecule has 5 heteroatoms. The molecule has 2 rings (SSSR count). The summed E-state index contributed by atoms with van der Waals surface area (Å²) >= 11 is 0. The lowest BCUT2D eigenvalue weighted by molar-refractivity contribution is -0.128. The Kier molecular flexibility index (Phi) is 6.22. The van der Waals surface area contributed by atoms with Crippen LogP contribution in [-0.2, 0) is 15.0 Å². The molecule has 0 aromatic heterocycles. The zero-order valence-corrected chi connectivity index (χ0v) is 16.1. The Hall–Kier alpha value is -1.88. The van der Waals surface area contributed by atoms with E-state index in [1.807, 2.05) is 24.0 Å². The van der Waals surface area contributed by atoms with Crippen LogP contribution < -0.4 is 5.32 Å². The van der Waals surface area contributed by atoms with E-state index in [4.69, 9.17) is 0 Å². The van der Waals surface area contributed by atoms with Gasteiger partial charge in [0.15, 0.2) is 0 Å². The Morgan fingerprint density at radius 2 is 1.68 bits per heavy atom. The molecule has 138 valence electrons. The van der Waals surface area contributed by atoms with Crippen molar-refractivity contribution in [1.29, 1.82) is 0 Å². The standard InChI is InChI=1S/C20H31N3O2/c1-15(22-11-6-12-23(14-13-22)16(2)24)19(25)21-18-9-7-17(8-10-18)20(3,4)5/h7-10,15H,6,11-14H2,1-5H3,(H,21,25). The summed E-state index contributed by atoms with van der Waals surface area (Å²) in [5.74, 6) is 0.109. The Morgan fingerprint density at radius 1 is 1.04 bits per heavy atom. The number of hydrogen-bond acceptors (Lipinski definition) is 3. The van der Waals surface area contributed by atoms with Gasteiger partial charge in [0.2, 0.25) is 11.8 Å². The minimum Gasteiger partial charge on any atom is -0.342 e. The molecule has 1 aromatic rings. The maximum Gasteiger partial charge on any atom is 0.241 e. The van der Waals surface area contributed by atoms with Gasteiger partial charge in [0.25, 0.3) is 0 Å². The summed E-state index contributed by atoms with van der Waals surface area (Å²) in [7, 11) is 0. The third-order valence-electron chi connectivity index (χ3n) is 4.92. The second-order valence-corrected chi connectivity index (χ2v) is 7.89. The fourth-order valence-corrected chi connectivity index (χ4v) is 3.11. The second-order valence-electron chi connectivity index (χ2n) is 7.89. The van der Waals surface area contributed by atoms with Crippen LogP contribution in [0.5, 0.6) is 0 Å². The lowest BCUT2D eigenvalue weighted by Gasteiger charge is -2.27. The summed E-state index contributed by atoms with van der Waals surface area (Å²) in [6, 6.07) is 7.85. The van der Waals surface area contributed by atoms with Gasteiger partial charge in [0.1, 0.15) is 0 Å².